The quantitative estimate of drug-likeness (QED) is 0.643. The molecule has 0 N–H and O–H groups in total. The highest BCUT2D eigenvalue weighted by Crippen LogP contribution is 2.35. The van der Waals surface area contributed by atoms with Crippen molar-refractivity contribution < 1.29 is 8.78 Å². The molecule has 2 aromatic rings. The summed E-state index contributed by atoms with van der Waals surface area (Å²) in [6.45, 7) is 0. The van der Waals surface area contributed by atoms with Crippen LogP contribution in [0.2, 0.25) is 0 Å². The van der Waals surface area contributed by atoms with E-state index in [-0.39, 0.29) is 22.4 Å². The van der Waals surface area contributed by atoms with E-state index in [1.165, 1.54) is 24.3 Å². The Morgan fingerprint density at radius 3 is 1.32 bits per heavy atom. The van der Waals surface area contributed by atoms with E-state index in [9.17, 15) is 8.78 Å². The summed E-state index contributed by atoms with van der Waals surface area (Å²) in [5.74, 6) is -0.595. The number of halogens is 4. The molecule has 100 valence electrons. The summed E-state index contributed by atoms with van der Waals surface area (Å²) in [6, 6.07) is 12.0. The van der Waals surface area contributed by atoms with Gasteiger partial charge in [0.15, 0.2) is 0 Å². The predicted octanol–water partition coefficient (Wildman–Crippen LogP) is 5.61. The van der Waals surface area contributed by atoms with E-state index in [4.69, 9.17) is 23.2 Å². The van der Waals surface area contributed by atoms with E-state index in [1.807, 2.05) is 0 Å². The fourth-order valence-electron chi connectivity index (χ4n) is 1.80. The van der Waals surface area contributed by atoms with Crippen molar-refractivity contribution in [1.82, 2.24) is 0 Å². The van der Waals surface area contributed by atoms with E-state index in [0.29, 0.717) is 6.42 Å². The molecule has 0 saturated heterocycles. The highest BCUT2D eigenvalue weighted by molar-refractivity contribution is 6.23. The number of hydrogen-bond acceptors (Lipinski definition) is 0. The van der Waals surface area contributed by atoms with Crippen molar-refractivity contribution in [3.8, 4) is 0 Å². The third kappa shape index (κ3) is 3.92. The van der Waals surface area contributed by atoms with Gasteiger partial charge in [-0.3, -0.25) is 0 Å². The second kappa shape index (κ2) is 6.36. The molecule has 0 amide bonds. The second-order valence-corrected chi connectivity index (χ2v) is 5.33. The topological polar surface area (TPSA) is 0 Å². The zero-order valence-electron chi connectivity index (χ0n) is 9.99. The molecule has 0 bridgehead atoms. The molecular formula is C15H12Cl2F2. The van der Waals surface area contributed by atoms with Crippen molar-refractivity contribution in [2.24, 2.45) is 0 Å². The summed E-state index contributed by atoms with van der Waals surface area (Å²) < 4.78 is 25.6. The molecule has 2 rings (SSSR count). The first-order chi connectivity index (χ1) is 9.06. The SMILES string of the molecule is Fc1ccc(C(Cl)CC(Cl)c2ccc(F)cc2)cc1. The van der Waals surface area contributed by atoms with Gasteiger partial charge in [0.2, 0.25) is 0 Å². The summed E-state index contributed by atoms with van der Waals surface area (Å²) in [4.78, 5) is 0. The van der Waals surface area contributed by atoms with E-state index >= 15 is 0 Å². The lowest BCUT2D eigenvalue weighted by atomic mass is 10.0. The normalized spacial score (nSPS) is 14.1. The van der Waals surface area contributed by atoms with Gasteiger partial charge in [-0.2, -0.15) is 0 Å². The van der Waals surface area contributed by atoms with Crippen LogP contribution in [0, 0.1) is 11.6 Å². The Bertz CT molecular complexity index is 473. The smallest absolute Gasteiger partial charge is 0.123 e. The first-order valence-electron chi connectivity index (χ1n) is 5.85. The van der Waals surface area contributed by atoms with Crippen molar-refractivity contribution in [2.45, 2.75) is 17.2 Å². The van der Waals surface area contributed by atoms with Gasteiger partial charge in [0, 0.05) is 0 Å². The maximum atomic E-state index is 12.8. The molecule has 4 heteroatoms. The Morgan fingerprint density at radius 1 is 0.684 bits per heavy atom. The van der Waals surface area contributed by atoms with Gasteiger partial charge in [0.05, 0.1) is 10.8 Å². The summed E-state index contributed by atoms with van der Waals surface area (Å²) in [6.07, 6.45) is 0.486. The molecule has 2 aromatic carbocycles. The van der Waals surface area contributed by atoms with Gasteiger partial charge in [0.1, 0.15) is 11.6 Å². The van der Waals surface area contributed by atoms with Gasteiger partial charge in [-0.05, 0) is 41.8 Å². The Morgan fingerprint density at radius 2 is 1.00 bits per heavy atom. The second-order valence-electron chi connectivity index (χ2n) is 4.27. The first-order valence-corrected chi connectivity index (χ1v) is 6.72. The average molecular weight is 301 g/mol. The maximum Gasteiger partial charge on any atom is 0.123 e. The lowest BCUT2D eigenvalue weighted by molar-refractivity contribution is 0.625. The third-order valence-corrected chi connectivity index (χ3v) is 3.74. The van der Waals surface area contributed by atoms with Crippen LogP contribution in [0.25, 0.3) is 0 Å². The van der Waals surface area contributed by atoms with Crippen molar-refractivity contribution in [2.75, 3.05) is 0 Å². The van der Waals surface area contributed by atoms with Gasteiger partial charge >= 0.3 is 0 Å². The van der Waals surface area contributed by atoms with Crippen LogP contribution in [-0.4, -0.2) is 0 Å². The molecule has 0 fully saturated rings. The van der Waals surface area contributed by atoms with Crippen molar-refractivity contribution in [3.05, 3.63) is 71.3 Å². The summed E-state index contributed by atoms with van der Waals surface area (Å²) >= 11 is 12.5. The standard InChI is InChI=1S/C15H12Cl2F2/c16-14(10-1-5-12(18)6-2-10)9-15(17)11-3-7-13(19)8-4-11/h1-8,14-15H,9H2. The van der Waals surface area contributed by atoms with Crippen LogP contribution in [0.3, 0.4) is 0 Å². The summed E-state index contributed by atoms with van der Waals surface area (Å²) in [5.41, 5.74) is 1.63. The molecule has 0 aromatic heterocycles. The molecule has 0 radical (unpaired) electrons. The van der Waals surface area contributed by atoms with Gasteiger partial charge < -0.3 is 0 Å². The number of hydrogen-bond donors (Lipinski definition) is 0. The van der Waals surface area contributed by atoms with Crippen LogP contribution in [0.4, 0.5) is 8.78 Å². The molecule has 0 heterocycles. The summed E-state index contributed by atoms with van der Waals surface area (Å²) in [7, 11) is 0. The Labute approximate surface area is 121 Å². The van der Waals surface area contributed by atoms with Crippen LogP contribution >= 0.6 is 23.2 Å². The van der Waals surface area contributed by atoms with Crippen LogP contribution in [0.1, 0.15) is 28.3 Å². The summed E-state index contributed by atoms with van der Waals surface area (Å²) in [5, 5.41) is -0.624. The van der Waals surface area contributed by atoms with E-state index in [0.717, 1.165) is 11.1 Å². The van der Waals surface area contributed by atoms with E-state index in [1.54, 1.807) is 24.3 Å². The van der Waals surface area contributed by atoms with Crippen molar-refractivity contribution in [3.63, 3.8) is 0 Å². The molecule has 0 nitrogen and oxygen atoms in total. The lowest BCUT2D eigenvalue weighted by Gasteiger charge is -2.15. The van der Waals surface area contributed by atoms with Crippen molar-refractivity contribution in [1.29, 1.82) is 0 Å². The van der Waals surface area contributed by atoms with Crippen LogP contribution in [0.5, 0.6) is 0 Å². The number of alkyl halides is 2. The minimum atomic E-state index is -0.312. The highest BCUT2D eigenvalue weighted by atomic mass is 35.5. The van der Waals surface area contributed by atoms with Gasteiger partial charge in [0.25, 0.3) is 0 Å². The van der Waals surface area contributed by atoms with Gasteiger partial charge in [-0.25, -0.2) is 8.78 Å². The average Bonchev–Trinajstić information content (AvgIpc) is 2.40. The zero-order chi connectivity index (χ0) is 13.8. The third-order valence-electron chi connectivity index (χ3n) is 2.88. The molecule has 0 saturated carbocycles. The molecule has 2 atom stereocenters. The minimum Gasteiger partial charge on any atom is -0.207 e. The molecule has 2 unspecified atom stereocenters. The van der Waals surface area contributed by atoms with E-state index < -0.39 is 0 Å². The largest absolute Gasteiger partial charge is 0.207 e. The Balaban J connectivity index is 2.03. The molecule has 0 spiro atoms. The van der Waals surface area contributed by atoms with Crippen LogP contribution in [-0.2, 0) is 0 Å². The Hall–Kier alpha value is -1.12. The fraction of sp³-hybridized carbons (Fsp3) is 0.200. The monoisotopic (exact) mass is 300 g/mol. The molecule has 0 aliphatic rings. The lowest BCUT2D eigenvalue weighted by Crippen LogP contribution is -1.98. The van der Waals surface area contributed by atoms with Gasteiger partial charge in [-0.15, -0.1) is 23.2 Å². The van der Waals surface area contributed by atoms with Crippen LogP contribution < -0.4 is 0 Å². The van der Waals surface area contributed by atoms with Gasteiger partial charge in [-0.1, -0.05) is 24.3 Å². The molecule has 0 aliphatic heterocycles. The number of rotatable bonds is 4. The molecule has 19 heavy (non-hydrogen) atoms. The zero-order valence-corrected chi connectivity index (χ0v) is 11.5. The minimum absolute atomic E-state index is 0.298. The predicted molar refractivity (Wildman–Crippen MR) is 74.6 cm³/mol. The highest BCUT2D eigenvalue weighted by Gasteiger charge is 2.16. The maximum absolute atomic E-state index is 12.8. The molecular weight excluding hydrogens is 289 g/mol. The van der Waals surface area contributed by atoms with Crippen LogP contribution in [0.15, 0.2) is 48.5 Å². The molecule has 0 aliphatic carbocycles. The van der Waals surface area contributed by atoms with Crippen molar-refractivity contribution >= 4 is 23.2 Å². The fourth-order valence-corrected chi connectivity index (χ4v) is 2.54. The number of benzene rings is 2. The Kier molecular flexibility index (Phi) is 4.78. The first kappa shape index (κ1) is 14.3. The van der Waals surface area contributed by atoms with E-state index in [2.05, 4.69) is 0 Å².